The van der Waals surface area contributed by atoms with Gasteiger partial charge in [0.05, 0.1) is 22.6 Å². The number of amides is 1. The van der Waals surface area contributed by atoms with Crippen LogP contribution in [0.5, 0.6) is 0 Å². The number of rotatable bonds is 3. The number of nitrogen functional groups attached to an aromatic ring is 1. The van der Waals surface area contributed by atoms with Gasteiger partial charge in [0.2, 0.25) is 5.76 Å². The van der Waals surface area contributed by atoms with E-state index in [2.05, 4.69) is 4.98 Å². The largest absolute Gasteiger partial charge is 0.478 e. The van der Waals surface area contributed by atoms with Crippen molar-refractivity contribution in [2.45, 2.75) is 13.8 Å². The molecule has 110 valence electrons. The molecule has 0 radical (unpaired) electrons. The Labute approximate surface area is 121 Å². The van der Waals surface area contributed by atoms with Crippen LogP contribution in [-0.2, 0) is 0 Å². The minimum Gasteiger partial charge on any atom is -0.478 e. The van der Waals surface area contributed by atoms with Crippen molar-refractivity contribution in [1.82, 2.24) is 4.98 Å². The number of aryl methyl sites for hydroxylation is 2. The van der Waals surface area contributed by atoms with E-state index in [1.165, 1.54) is 30.1 Å². The number of carbonyl (C=O) groups excluding carboxylic acids is 1. The SMILES string of the molecule is Cc1nc(C)c(C(=O)N(C)c2ccc(C(=O)O)cc2N)o1. The topological polar surface area (TPSA) is 110 Å². The van der Waals surface area contributed by atoms with E-state index >= 15 is 0 Å². The Morgan fingerprint density at radius 3 is 2.48 bits per heavy atom. The summed E-state index contributed by atoms with van der Waals surface area (Å²) in [5.41, 5.74) is 6.96. The molecule has 21 heavy (non-hydrogen) atoms. The minimum absolute atomic E-state index is 0.0591. The molecule has 0 unspecified atom stereocenters. The molecule has 0 aliphatic carbocycles. The van der Waals surface area contributed by atoms with Gasteiger partial charge in [-0.05, 0) is 25.1 Å². The lowest BCUT2D eigenvalue weighted by Crippen LogP contribution is -2.27. The summed E-state index contributed by atoms with van der Waals surface area (Å²) in [6, 6.07) is 4.17. The van der Waals surface area contributed by atoms with Gasteiger partial charge in [-0.3, -0.25) is 4.79 Å². The van der Waals surface area contributed by atoms with Gasteiger partial charge in [-0.25, -0.2) is 9.78 Å². The summed E-state index contributed by atoms with van der Waals surface area (Å²) in [6.45, 7) is 3.33. The van der Waals surface area contributed by atoms with Crippen LogP contribution in [0.15, 0.2) is 22.6 Å². The van der Waals surface area contributed by atoms with E-state index < -0.39 is 11.9 Å². The van der Waals surface area contributed by atoms with E-state index in [1.807, 2.05) is 0 Å². The third-order valence-electron chi connectivity index (χ3n) is 3.04. The predicted molar refractivity (Wildman–Crippen MR) is 76.5 cm³/mol. The zero-order chi connectivity index (χ0) is 15.7. The summed E-state index contributed by atoms with van der Waals surface area (Å²) in [5, 5.41) is 8.91. The Bertz CT molecular complexity index is 721. The smallest absolute Gasteiger partial charge is 0.335 e. The van der Waals surface area contributed by atoms with Crippen LogP contribution in [0.4, 0.5) is 11.4 Å². The lowest BCUT2D eigenvalue weighted by Gasteiger charge is -2.18. The Kier molecular flexibility index (Phi) is 3.66. The number of benzene rings is 1. The molecule has 1 aromatic carbocycles. The highest BCUT2D eigenvalue weighted by Gasteiger charge is 2.22. The maximum Gasteiger partial charge on any atom is 0.335 e. The van der Waals surface area contributed by atoms with E-state index in [1.54, 1.807) is 13.8 Å². The van der Waals surface area contributed by atoms with E-state index in [0.29, 0.717) is 17.3 Å². The van der Waals surface area contributed by atoms with Crippen molar-refractivity contribution in [1.29, 1.82) is 0 Å². The van der Waals surface area contributed by atoms with Gasteiger partial charge < -0.3 is 20.2 Å². The fourth-order valence-electron chi connectivity index (χ4n) is 1.98. The van der Waals surface area contributed by atoms with Crippen LogP contribution in [0.1, 0.15) is 32.5 Å². The molecule has 0 spiro atoms. The molecular weight excluding hydrogens is 274 g/mol. The Balaban J connectivity index is 2.36. The van der Waals surface area contributed by atoms with Gasteiger partial charge in [0.25, 0.3) is 5.91 Å². The first-order valence-electron chi connectivity index (χ1n) is 6.16. The molecule has 3 N–H and O–H groups in total. The summed E-state index contributed by atoms with van der Waals surface area (Å²) in [6.07, 6.45) is 0. The van der Waals surface area contributed by atoms with Crippen molar-refractivity contribution in [3.8, 4) is 0 Å². The number of carbonyl (C=O) groups is 2. The number of carboxylic acid groups (broad SMARTS) is 1. The Hall–Kier alpha value is -2.83. The molecule has 0 saturated heterocycles. The molecule has 2 rings (SSSR count). The zero-order valence-electron chi connectivity index (χ0n) is 11.9. The third-order valence-corrected chi connectivity index (χ3v) is 3.04. The number of carboxylic acids is 1. The second-order valence-corrected chi connectivity index (χ2v) is 4.59. The van der Waals surface area contributed by atoms with Crippen molar-refractivity contribution in [2.75, 3.05) is 17.7 Å². The summed E-state index contributed by atoms with van der Waals surface area (Å²) >= 11 is 0. The molecule has 0 aliphatic heterocycles. The monoisotopic (exact) mass is 289 g/mol. The fourth-order valence-corrected chi connectivity index (χ4v) is 1.98. The van der Waals surface area contributed by atoms with Gasteiger partial charge in [-0.1, -0.05) is 0 Å². The second-order valence-electron chi connectivity index (χ2n) is 4.59. The van der Waals surface area contributed by atoms with E-state index in [-0.39, 0.29) is 17.0 Å². The highest BCUT2D eigenvalue weighted by Crippen LogP contribution is 2.25. The van der Waals surface area contributed by atoms with Crippen molar-refractivity contribution in [2.24, 2.45) is 0 Å². The zero-order valence-corrected chi connectivity index (χ0v) is 11.9. The summed E-state index contributed by atoms with van der Waals surface area (Å²) < 4.78 is 5.28. The predicted octanol–water partition coefficient (Wildman–Crippen LogP) is 1.85. The van der Waals surface area contributed by atoms with Crippen LogP contribution in [0.2, 0.25) is 0 Å². The van der Waals surface area contributed by atoms with Crippen molar-refractivity contribution >= 4 is 23.3 Å². The molecule has 1 aromatic heterocycles. The van der Waals surface area contributed by atoms with Gasteiger partial charge in [0, 0.05) is 14.0 Å². The van der Waals surface area contributed by atoms with E-state index in [9.17, 15) is 9.59 Å². The third kappa shape index (κ3) is 2.71. The molecule has 1 heterocycles. The summed E-state index contributed by atoms with van der Waals surface area (Å²) in [5.74, 6) is -0.943. The van der Waals surface area contributed by atoms with Crippen molar-refractivity contribution < 1.29 is 19.1 Å². The number of nitrogens with two attached hydrogens (primary N) is 1. The number of nitrogens with zero attached hydrogens (tertiary/aromatic N) is 2. The molecule has 0 bridgehead atoms. The van der Waals surface area contributed by atoms with Gasteiger partial charge in [0.1, 0.15) is 0 Å². The lowest BCUT2D eigenvalue weighted by molar-refractivity contribution is 0.0697. The standard InChI is InChI=1S/C14H15N3O4/c1-7-12(21-8(2)16-7)13(18)17(3)11-5-4-9(14(19)20)6-10(11)15/h4-6H,15H2,1-3H3,(H,19,20). The first-order valence-corrected chi connectivity index (χ1v) is 6.16. The molecule has 0 atom stereocenters. The fraction of sp³-hybridized carbons (Fsp3) is 0.214. The average Bonchev–Trinajstić information content (AvgIpc) is 2.75. The quantitative estimate of drug-likeness (QED) is 0.834. The average molecular weight is 289 g/mol. The van der Waals surface area contributed by atoms with Crippen LogP contribution in [-0.4, -0.2) is 29.0 Å². The molecular formula is C14H15N3O4. The Morgan fingerprint density at radius 2 is 2.00 bits per heavy atom. The molecule has 7 heteroatoms. The first kappa shape index (κ1) is 14.6. The summed E-state index contributed by atoms with van der Waals surface area (Å²) in [7, 11) is 1.53. The molecule has 0 fully saturated rings. The molecule has 2 aromatic rings. The van der Waals surface area contributed by atoms with Crippen LogP contribution in [0, 0.1) is 13.8 Å². The van der Waals surface area contributed by atoms with Gasteiger partial charge in [0.15, 0.2) is 5.89 Å². The molecule has 1 amide bonds. The molecule has 0 aliphatic rings. The molecule has 0 saturated carbocycles. The number of hydrogen-bond acceptors (Lipinski definition) is 5. The van der Waals surface area contributed by atoms with Crippen LogP contribution < -0.4 is 10.6 Å². The second kappa shape index (κ2) is 5.28. The number of oxazole rings is 1. The van der Waals surface area contributed by atoms with Gasteiger partial charge in [-0.2, -0.15) is 0 Å². The lowest BCUT2D eigenvalue weighted by atomic mass is 10.1. The Morgan fingerprint density at radius 1 is 1.33 bits per heavy atom. The molecule has 7 nitrogen and oxygen atoms in total. The van der Waals surface area contributed by atoms with Gasteiger partial charge >= 0.3 is 5.97 Å². The van der Waals surface area contributed by atoms with Crippen LogP contribution >= 0.6 is 0 Å². The first-order chi connectivity index (χ1) is 9.81. The maximum absolute atomic E-state index is 12.4. The van der Waals surface area contributed by atoms with Crippen LogP contribution in [0.3, 0.4) is 0 Å². The van der Waals surface area contributed by atoms with Crippen LogP contribution in [0.25, 0.3) is 0 Å². The maximum atomic E-state index is 12.4. The highest BCUT2D eigenvalue weighted by atomic mass is 16.4. The van der Waals surface area contributed by atoms with E-state index in [4.69, 9.17) is 15.3 Å². The normalized spacial score (nSPS) is 10.4. The van der Waals surface area contributed by atoms with Gasteiger partial charge in [-0.15, -0.1) is 0 Å². The number of aromatic carboxylic acids is 1. The summed E-state index contributed by atoms with van der Waals surface area (Å²) in [4.78, 5) is 28.6. The van der Waals surface area contributed by atoms with E-state index in [0.717, 1.165) is 0 Å². The number of hydrogen-bond donors (Lipinski definition) is 2. The number of aromatic nitrogens is 1. The minimum atomic E-state index is -1.08. The number of anilines is 2. The van der Waals surface area contributed by atoms with Crippen molar-refractivity contribution in [3.63, 3.8) is 0 Å². The highest BCUT2D eigenvalue weighted by molar-refractivity contribution is 6.06. The van der Waals surface area contributed by atoms with Crippen molar-refractivity contribution in [3.05, 3.63) is 41.1 Å².